The average Bonchev–Trinajstić information content (AvgIpc) is 2.92. The summed E-state index contributed by atoms with van der Waals surface area (Å²) in [6.45, 7) is 1.82. The van der Waals surface area contributed by atoms with Crippen LogP contribution >= 0.6 is 11.6 Å². The molecule has 0 radical (unpaired) electrons. The third-order valence-electron chi connectivity index (χ3n) is 2.69. The first-order chi connectivity index (χ1) is 9.11. The lowest BCUT2D eigenvalue weighted by molar-refractivity contribution is 0.0939. The van der Waals surface area contributed by atoms with Crippen molar-refractivity contribution in [3.8, 4) is 0 Å². The predicted octanol–water partition coefficient (Wildman–Crippen LogP) is 1.99. The lowest BCUT2D eigenvalue weighted by Gasteiger charge is -2.13. The van der Waals surface area contributed by atoms with Crippen LogP contribution in [0.25, 0.3) is 0 Å². The fourth-order valence-corrected chi connectivity index (χ4v) is 1.86. The molecule has 100 valence electrons. The summed E-state index contributed by atoms with van der Waals surface area (Å²) in [5, 5.41) is 12.8. The van der Waals surface area contributed by atoms with Crippen LogP contribution in [0.4, 0.5) is 5.69 Å². The van der Waals surface area contributed by atoms with Gasteiger partial charge in [0.25, 0.3) is 5.91 Å². The number of aromatic nitrogens is 3. The molecule has 1 atom stereocenters. The maximum atomic E-state index is 12.2. The molecular formula is C12H14ClN5O. The zero-order valence-corrected chi connectivity index (χ0v) is 11.3. The molecule has 3 N–H and O–H groups in total. The number of halogens is 1. The molecule has 0 aliphatic rings. The van der Waals surface area contributed by atoms with Gasteiger partial charge in [-0.2, -0.15) is 5.10 Å². The molecule has 2 aromatic rings. The molecule has 7 heteroatoms. The van der Waals surface area contributed by atoms with E-state index in [2.05, 4.69) is 25.8 Å². The van der Waals surface area contributed by atoms with E-state index in [0.717, 1.165) is 0 Å². The number of hydrogen-bond acceptors (Lipinski definition) is 4. The molecule has 2 rings (SSSR count). The van der Waals surface area contributed by atoms with Gasteiger partial charge in [0.05, 0.1) is 11.6 Å². The third kappa shape index (κ3) is 3.03. The predicted molar refractivity (Wildman–Crippen MR) is 73.3 cm³/mol. The van der Waals surface area contributed by atoms with Crippen molar-refractivity contribution in [2.75, 3.05) is 12.4 Å². The molecule has 6 nitrogen and oxygen atoms in total. The smallest absolute Gasteiger partial charge is 0.254 e. The van der Waals surface area contributed by atoms with Gasteiger partial charge in [-0.15, -0.1) is 0 Å². The number of carbonyl (C=O) groups is 1. The highest BCUT2D eigenvalue weighted by Gasteiger charge is 2.16. The van der Waals surface area contributed by atoms with E-state index in [9.17, 15) is 4.79 Å². The van der Waals surface area contributed by atoms with Crippen LogP contribution in [0.5, 0.6) is 0 Å². The van der Waals surface area contributed by atoms with Gasteiger partial charge in [0.2, 0.25) is 0 Å². The van der Waals surface area contributed by atoms with Crippen molar-refractivity contribution in [2.24, 2.45) is 0 Å². The van der Waals surface area contributed by atoms with Crippen LogP contribution in [0.1, 0.15) is 29.1 Å². The first kappa shape index (κ1) is 13.4. The molecule has 1 amide bonds. The summed E-state index contributed by atoms with van der Waals surface area (Å²) >= 11 is 5.92. The van der Waals surface area contributed by atoms with E-state index in [0.29, 0.717) is 22.1 Å². The normalized spacial score (nSPS) is 11.9. The largest absolute Gasteiger partial charge is 0.387 e. The second kappa shape index (κ2) is 5.71. The van der Waals surface area contributed by atoms with Crippen molar-refractivity contribution in [1.29, 1.82) is 0 Å². The Hall–Kier alpha value is -2.08. The van der Waals surface area contributed by atoms with Crippen molar-refractivity contribution in [3.63, 3.8) is 0 Å². The van der Waals surface area contributed by atoms with Gasteiger partial charge in [0.15, 0.2) is 0 Å². The van der Waals surface area contributed by atoms with Gasteiger partial charge in [-0.25, -0.2) is 4.98 Å². The highest BCUT2D eigenvalue weighted by atomic mass is 35.5. The molecule has 0 spiro atoms. The van der Waals surface area contributed by atoms with Crippen molar-refractivity contribution in [1.82, 2.24) is 20.5 Å². The Kier molecular flexibility index (Phi) is 4.01. The highest BCUT2D eigenvalue weighted by molar-refractivity contribution is 6.31. The minimum Gasteiger partial charge on any atom is -0.387 e. The summed E-state index contributed by atoms with van der Waals surface area (Å²) in [7, 11) is 1.75. The monoisotopic (exact) mass is 279 g/mol. The molecule has 1 aromatic carbocycles. The van der Waals surface area contributed by atoms with Gasteiger partial charge in [-0.05, 0) is 25.1 Å². The fourth-order valence-electron chi connectivity index (χ4n) is 1.69. The van der Waals surface area contributed by atoms with Crippen LogP contribution in [-0.4, -0.2) is 28.1 Å². The van der Waals surface area contributed by atoms with E-state index < -0.39 is 0 Å². The topological polar surface area (TPSA) is 82.7 Å². The highest BCUT2D eigenvalue weighted by Crippen LogP contribution is 2.21. The second-order valence-electron chi connectivity index (χ2n) is 4.01. The van der Waals surface area contributed by atoms with Gasteiger partial charge < -0.3 is 10.6 Å². The van der Waals surface area contributed by atoms with Gasteiger partial charge >= 0.3 is 0 Å². The van der Waals surface area contributed by atoms with E-state index in [1.165, 1.54) is 6.33 Å². The van der Waals surface area contributed by atoms with Crippen LogP contribution in [0.2, 0.25) is 5.02 Å². The van der Waals surface area contributed by atoms with Crippen molar-refractivity contribution >= 4 is 23.2 Å². The molecular weight excluding hydrogens is 266 g/mol. The van der Waals surface area contributed by atoms with E-state index in [4.69, 9.17) is 11.6 Å². The zero-order chi connectivity index (χ0) is 13.8. The molecule has 1 heterocycles. The van der Waals surface area contributed by atoms with E-state index in [1.54, 1.807) is 25.2 Å². The molecule has 0 saturated heterocycles. The second-order valence-corrected chi connectivity index (χ2v) is 4.44. The Labute approximate surface area is 115 Å². The maximum Gasteiger partial charge on any atom is 0.254 e. The quantitative estimate of drug-likeness (QED) is 0.799. The van der Waals surface area contributed by atoms with Gasteiger partial charge in [-0.1, -0.05) is 11.6 Å². The van der Waals surface area contributed by atoms with Crippen LogP contribution < -0.4 is 10.6 Å². The molecule has 1 unspecified atom stereocenters. The van der Waals surface area contributed by atoms with E-state index in [-0.39, 0.29) is 11.9 Å². The average molecular weight is 280 g/mol. The Morgan fingerprint density at radius 2 is 2.26 bits per heavy atom. The number of nitrogens with one attached hydrogen (secondary N) is 3. The number of anilines is 1. The van der Waals surface area contributed by atoms with Crippen LogP contribution in [-0.2, 0) is 0 Å². The first-order valence-corrected chi connectivity index (χ1v) is 6.13. The van der Waals surface area contributed by atoms with Gasteiger partial charge in [0, 0.05) is 17.8 Å². The first-order valence-electron chi connectivity index (χ1n) is 5.75. The standard InChI is InChI=1S/C12H14ClN5O/c1-7(11-15-6-16-18-11)17-12(19)9-5-8(13)3-4-10(9)14-2/h3-7,14H,1-2H3,(H,17,19)(H,15,16,18). The summed E-state index contributed by atoms with van der Waals surface area (Å²) in [5.74, 6) is 0.372. The lowest BCUT2D eigenvalue weighted by atomic mass is 10.1. The Morgan fingerprint density at radius 3 is 2.89 bits per heavy atom. The fraction of sp³-hybridized carbons (Fsp3) is 0.250. The Balaban J connectivity index is 2.18. The maximum absolute atomic E-state index is 12.2. The molecule has 0 bridgehead atoms. The lowest BCUT2D eigenvalue weighted by Crippen LogP contribution is -2.28. The number of carbonyl (C=O) groups excluding carboxylic acids is 1. The summed E-state index contributed by atoms with van der Waals surface area (Å²) in [5.41, 5.74) is 1.20. The third-order valence-corrected chi connectivity index (χ3v) is 2.92. The van der Waals surface area contributed by atoms with Gasteiger partial charge in [-0.3, -0.25) is 9.89 Å². The van der Waals surface area contributed by atoms with Crippen molar-refractivity contribution in [2.45, 2.75) is 13.0 Å². The molecule has 0 fully saturated rings. The van der Waals surface area contributed by atoms with Crippen molar-refractivity contribution in [3.05, 3.63) is 40.9 Å². The number of amides is 1. The van der Waals surface area contributed by atoms with Crippen molar-refractivity contribution < 1.29 is 4.79 Å². The molecule has 0 saturated carbocycles. The van der Waals surface area contributed by atoms with Crippen LogP contribution in [0.3, 0.4) is 0 Å². The number of H-pyrrole nitrogens is 1. The summed E-state index contributed by atoms with van der Waals surface area (Å²) in [4.78, 5) is 16.2. The molecule has 0 aliphatic carbocycles. The Bertz CT molecular complexity index is 570. The minimum absolute atomic E-state index is 0.226. The van der Waals surface area contributed by atoms with E-state index in [1.807, 2.05) is 6.92 Å². The number of aromatic amines is 1. The molecule has 0 aliphatic heterocycles. The van der Waals surface area contributed by atoms with E-state index >= 15 is 0 Å². The summed E-state index contributed by atoms with van der Waals surface area (Å²) in [6, 6.07) is 4.84. The number of rotatable bonds is 4. The Morgan fingerprint density at radius 1 is 1.47 bits per heavy atom. The van der Waals surface area contributed by atoms with Crippen LogP contribution in [0.15, 0.2) is 24.5 Å². The van der Waals surface area contributed by atoms with Gasteiger partial charge in [0.1, 0.15) is 12.2 Å². The molecule has 19 heavy (non-hydrogen) atoms. The summed E-state index contributed by atoms with van der Waals surface area (Å²) in [6.07, 6.45) is 1.40. The molecule has 1 aromatic heterocycles. The summed E-state index contributed by atoms with van der Waals surface area (Å²) < 4.78 is 0. The number of hydrogen-bond donors (Lipinski definition) is 3. The van der Waals surface area contributed by atoms with Crippen LogP contribution in [0, 0.1) is 0 Å². The SMILES string of the molecule is CNc1ccc(Cl)cc1C(=O)NC(C)c1ncn[nH]1. The number of nitrogens with zero attached hydrogens (tertiary/aromatic N) is 2. The zero-order valence-electron chi connectivity index (χ0n) is 10.6. The number of benzene rings is 1. The minimum atomic E-state index is -0.265.